The lowest BCUT2D eigenvalue weighted by atomic mass is 10.3. The minimum absolute atomic E-state index is 0.336. The summed E-state index contributed by atoms with van der Waals surface area (Å²) in [6, 6.07) is 0. The largest absolute Gasteiger partial charge is 0.461 e. The van der Waals surface area contributed by atoms with Gasteiger partial charge in [-0.05, 0) is 19.3 Å². The minimum atomic E-state index is -0.336. The Kier molecular flexibility index (Phi) is 9.73. The van der Waals surface area contributed by atoms with Crippen molar-refractivity contribution < 1.29 is 19.1 Å². The van der Waals surface area contributed by atoms with Crippen molar-refractivity contribution in [2.45, 2.75) is 38.9 Å². The quantitative estimate of drug-likeness (QED) is 0.389. The molecule has 0 aromatic carbocycles. The monoisotopic (exact) mass is 420 g/mol. The molecule has 2 aliphatic rings. The van der Waals surface area contributed by atoms with E-state index in [1.165, 1.54) is 31.4 Å². The zero-order valence-corrected chi connectivity index (χ0v) is 17.4. The fourth-order valence-electron chi connectivity index (χ4n) is 2.41. The van der Waals surface area contributed by atoms with E-state index in [0.717, 1.165) is 11.5 Å². The lowest BCUT2D eigenvalue weighted by Crippen LogP contribution is -2.14. The molecule has 2 fully saturated rings. The van der Waals surface area contributed by atoms with Gasteiger partial charge in [0.15, 0.2) is 0 Å². The number of thioether (sulfide) groups is 4. The normalized spacial score (nSPS) is 28.5. The Morgan fingerprint density at radius 1 is 0.880 bits per heavy atom. The van der Waals surface area contributed by atoms with Crippen molar-refractivity contribution in [3.63, 3.8) is 0 Å². The Morgan fingerprint density at radius 3 is 1.72 bits per heavy atom. The minimum Gasteiger partial charge on any atom is -0.461 e. The second-order valence-corrected chi connectivity index (χ2v) is 11.7. The molecule has 4 atom stereocenters. The average Bonchev–Trinajstić information content (AvgIpc) is 3.27. The Bertz CT molecular complexity index is 443. The van der Waals surface area contributed by atoms with E-state index < -0.39 is 0 Å². The first-order valence-corrected chi connectivity index (χ1v) is 12.2. The highest BCUT2D eigenvalue weighted by molar-refractivity contribution is 8.20. The average molecular weight is 421 g/mol. The summed E-state index contributed by atoms with van der Waals surface area (Å²) >= 11 is 7.81. The molecule has 0 N–H and O–H groups in total. The highest BCUT2D eigenvalue weighted by Gasteiger charge is 2.29. The van der Waals surface area contributed by atoms with Gasteiger partial charge in [-0.15, -0.1) is 47.0 Å². The summed E-state index contributed by atoms with van der Waals surface area (Å²) in [6.45, 7) is 7.79. The maximum atomic E-state index is 11.1. The second-order valence-electron chi connectivity index (χ2n) is 5.64. The van der Waals surface area contributed by atoms with Gasteiger partial charge in [0.25, 0.3) is 0 Å². The van der Waals surface area contributed by atoms with Crippen molar-refractivity contribution in [1.82, 2.24) is 0 Å². The SMILES string of the molecule is C=CC(=O)OCC1CSC(CCCC2SCC(COC(=O)C=C)S2)S1. The summed E-state index contributed by atoms with van der Waals surface area (Å²) in [5.41, 5.74) is 0. The van der Waals surface area contributed by atoms with Crippen molar-refractivity contribution in [2.75, 3.05) is 24.7 Å². The molecule has 0 bridgehead atoms. The van der Waals surface area contributed by atoms with Crippen molar-refractivity contribution >= 4 is 59.0 Å². The maximum absolute atomic E-state index is 11.1. The van der Waals surface area contributed by atoms with E-state index in [9.17, 15) is 9.59 Å². The topological polar surface area (TPSA) is 52.6 Å². The molecular weight excluding hydrogens is 396 g/mol. The highest BCUT2D eigenvalue weighted by atomic mass is 32.2. The molecule has 2 rings (SSSR count). The summed E-state index contributed by atoms with van der Waals surface area (Å²) in [4.78, 5) is 22.2. The van der Waals surface area contributed by atoms with Crippen LogP contribution in [0.3, 0.4) is 0 Å². The number of carbonyl (C=O) groups is 2. The molecular formula is C17H24O4S4. The van der Waals surface area contributed by atoms with Crippen LogP contribution in [0.4, 0.5) is 0 Å². The summed E-state index contributed by atoms with van der Waals surface area (Å²) < 4.78 is 11.5. The molecule has 0 aromatic rings. The van der Waals surface area contributed by atoms with Crippen LogP contribution < -0.4 is 0 Å². The van der Waals surface area contributed by atoms with Crippen molar-refractivity contribution in [2.24, 2.45) is 0 Å². The first-order chi connectivity index (χ1) is 12.1. The van der Waals surface area contributed by atoms with Gasteiger partial charge in [-0.1, -0.05) is 13.2 Å². The molecule has 2 heterocycles. The Hall–Kier alpha value is -0.180. The lowest BCUT2D eigenvalue weighted by Gasteiger charge is -2.13. The van der Waals surface area contributed by atoms with Gasteiger partial charge in [-0.25, -0.2) is 9.59 Å². The molecule has 2 saturated heterocycles. The first-order valence-electron chi connectivity index (χ1n) is 8.23. The van der Waals surface area contributed by atoms with E-state index in [4.69, 9.17) is 9.47 Å². The molecule has 8 heteroatoms. The van der Waals surface area contributed by atoms with Crippen LogP contribution in [0.2, 0.25) is 0 Å². The molecule has 0 radical (unpaired) electrons. The third kappa shape index (κ3) is 7.93. The smallest absolute Gasteiger partial charge is 0.330 e. The van der Waals surface area contributed by atoms with Crippen LogP contribution in [0.1, 0.15) is 19.3 Å². The predicted octanol–water partition coefficient (Wildman–Crippen LogP) is 3.96. The number of hydrogen-bond donors (Lipinski definition) is 0. The molecule has 2 aliphatic heterocycles. The van der Waals surface area contributed by atoms with Crippen LogP contribution in [0.15, 0.2) is 25.3 Å². The Labute approximate surface area is 166 Å². The van der Waals surface area contributed by atoms with Gasteiger partial charge in [0.1, 0.15) is 13.2 Å². The fourth-order valence-corrected chi connectivity index (χ4v) is 9.03. The fraction of sp³-hybridized carbons (Fsp3) is 0.647. The number of rotatable bonds is 10. The molecule has 0 aromatic heterocycles. The van der Waals surface area contributed by atoms with E-state index >= 15 is 0 Å². The summed E-state index contributed by atoms with van der Waals surface area (Å²) in [6.07, 6.45) is 6.01. The van der Waals surface area contributed by atoms with Crippen LogP contribution in [0.25, 0.3) is 0 Å². The van der Waals surface area contributed by atoms with E-state index in [1.807, 2.05) is 47.0 Å². The summed E-state index contributed by atoms with van der Waals surface area (Å²) in [5.74, 6) is 1.42. The Balaban J connectivity index is 1.53. The molecule has 0 spiro atoms. The molecule has 0 aliphatic carbocycles. The lowest BCUT2D eigenvalue weighted by molar-refractivity contribution is -0.138. The number of ether oxygens (including phenoxy) is 2. The van der Waals surface area contributed by atoms with E-state index in [2.05, 4.69) is 13.2 Å². The summed E-state index contributed by atoms with van der Waals surface area (Å²) in [7, 11) is 0. The first kappa shape index (κ1) is 21.1. The van der Waals surface area contributed by atoms with Gasteiger partial charge in [0.2, 0.25) is 0 Å². The van der Waals surface area contributed by atoms with Gasteiger partial charge >= 0.3 is 11.9 Å². The molecule has 4 unspecified atom stereocenters. The van der Waals surface area contributed by atoms with E-state index in [1.54, 1.807) is 0 Å². The van der Waals surface area contributed by atoms with Crippen molar-refractivity contribution in [3.8, 4) is 0 Å². The van der Waals surface area contributed by atoms with Crippen molar-refractivity contribution in [3.05, 3.63) is 25.3 Å². The maximum Gasteiger partial charge on any atom is 0.330 e. The van der Waals surface area contributed by atoms with Gasteiger partial charge in [-0.3, -0.25) is 0 Å². The zero-order valence-electron chi connectivity index (χ0n) is 14.1. The number of esters is 2. The predicted molar refractivity (Wildman–Crippen MR) is 111 cm³/mol. The van der Waals surface area contributed by atoms with Gasteiger partial charge < -0.3 is 9.47 Å². The highest BCUT2D eigenvalue weighted by Crippen LogP contribution is 2.43. The van der Waals surface area contributed by atoms with E-state index in [-0.39, 0.29) is 11.9 Å². The second kappa shape index (κ2) is 11.5. The van der Waals surface area contributed by atoms with Crippen LogP contribution in [0, 0.1) is 0 Å². The number of hydrogen-bond acceptors (Lipinski definition) is 8. The van der Waals surface area contributed by atoms with Gasteiger partial charge in [0.05, 0.1) is 9.16 Å². The van der Waals surface area contributed by atoms with Crippen molar-refractivity contribution in [1.29, 1.82) is 0 Å². The van der Waals surface area contributed by atoms with Crippen LogP contribution in [0.5, 0.6) is 0 Å². The van der Waals surface area contributed by atoms with Crippen LogP contribution in [-0.4, -0.2) is 56.3 Å². The van der Waals surface area contributed by atoms with Gasteiger partial charge in [0, 0.05) is 34.2 Å². The van der Waals surface area contributed by atoms with Gasteiger partial charge in [-0.2, -0.15) is 0 Å². The molecule has 0 amide bonds. The zero-order chi connectivity index (χ0) is 18.1. The summed E-state index contributed by atoms with van der Waals surface area (Å²) in [5, 5.41) is 0.802. The van der Waals surface area contributed by atoms with E-state index in [0.29, 0.717) is 32.9 Å². The third-order valence-corrected chi connectivity index (χ3v) is 10.4. The molecule has 140 valence electrons. The molecule has 0 saturated carbocycles. The molecule has 25 heavy (non-hydrogen) atoms. The number of carbonyl (C=O) groups excluding carboxylic acids is 2. The van der Waals surface area contributed by atoms with Crippen LogP contribution in [-0.2, 0) is 19.1 Å². The third-order valence-electron chi connectivity index (χ3n) is 3.66. The standard InChI is InChI=1S/C17H24O4S4/c1-3-14(18)20-8-12-10-22-16(24-12)6-5-7-17-23-11-13(25-17)9-21-15(19)4-2/h3-4,12-13,16-17H,1-2,5-11H2. The Morgan fingerprint density at radius 2 is 1.32 bits per heavy atom. The van der Waals surface area contributed by atoms with Crippen LogP contribution >= 0.6 is 47.0 Å². The molecule has 4 nitrogen and oxygen atoms in total.